The van der Waals surface area contributed by atoms with Gasteiger partial charge in [-0.15, -0.1) is 0 Å². The second-order valence-corrected chi connectivity index (χ2v) is 19.0. The van der Waals surface area contributed by atoms with Crippen molar-refractivity contribution in [1.29, 1.82) is 0 Å². The average Bonchev–Trinajstić information content (AvgIpc) is 3.32. The number of hydrogen-bond acceptors (Lipinski definition) is 5. The molecule has 0 aliphatic rings. The van der Waals surface area contributed by atoms with Crippen molar-refractivity contribution >= 4 is 11.9 Å². The number of aliphatic hydroxyl groups is 2. The third-order valence-electron chi connectivity index (χ3n) is 12.6. The first-order valence-corrected chi connectivity index (χ1v) is 28.4. The number of esters is 1. The molecule has 0 saturated heterocycles. The Labute approximate surface area is 414 Å². The van der Waals surface area contributed by atoms with Crippen LogP contribution in [0.15, 0.2) is 85.1 Å². The molecule has 0 fully saturated rings. The topological polar surface area (TPSA) is 95.9 Å². The van der Waals surface area contributed by atoms with E-state index < -0.39 is 18.2 Å². The molecule has 386 valence electrons. The molecule has 0 aromatic heterocycles. The molecule has 0 aliphatic heterocycles. The quantitative estimate of drug-likeness (QED) is 0.0244. The number of nitrogens with one attached hydrogen (secondary N) is 1. The normalized spacial score (nSPS) is 13.8. The van der Waals surface area contributed by atoms with E-state index in [9.17, 15) is 19.8 Å². The minimum atomic E-state index is -0.803. The van der Waals surface area contributed by atoms with Crippen LogP contribution in [-0.2, 0) is 14.3 Å². The van der Waals surface area contributed by atoms with Gasteiger partial charge >= 0.3 is 5.97 Å². The predicted molar refractivity (Wildman–Crippen MR) is 291 cm³/mol. The molecule has 0 heterocycles. The lowest BCUT2D eigenvalue weighted by Gasteiger charge is -2.24. The van der Waals surface area contributed by atoms with Crippen molar-refractivity contribution in [2.45, 2.75) is 283 Å². The molecule has 0 spiro atoms. The van der Waals surface area contributed by atoms with E-state index in [0.29, 0.717) is 19.3 Å². The highest BCUT2D eigenvalue weighted by atomic mass is 16.5. The monoisotopic (exact) mass is 934 g/mol. The van der Waals surface area contributed by atoms with E-state index in [1.54, 1.807) is 0 Å². The molecule has 0 aromatic rings. The average molecular weight is 935 g/mol. The molecule has 67 heavy (non-hydrogen) atoms. The van der Waals surface area contributed by atoms with E-state index in [1.807, 2.05) is 0 Å². The number of aliphatic hydroxyl groups excluding tert-OH is 2. The molecule has 3 atom stereocenters. The van der Waals surface area contributed by atoms with Crippen molar-refractivity contribution in [2.75, 3.05) is 6.61 Å². The summed E-state index contributed by atoms with van der Waals surface area (Å²) >= 11 is 0. The second-order valence-electron chi connectivity index (χ2n) is 19.0. The van der Waals surface area contributed by atoms with Crippen LogP contribution < -0.4 is 5.32 Å². The fourth-order valence-corrected chi connectivity index (χ4v) is 8.28. The lowest BCUT2D eigenvalue weighted by atomic mass is 10.0. The van der Waals surface area contributed by atoms with Crippen molar-refractivity contribution in [3.05, 3.63) is 85.1 Å². The molecule has 3 N–H and O–H groups in total. The van der Waals surface area contributed by atoms with Crippen LogP contribution in [0.2, 0.25) is 0 Å². The van der Waals surface area contributed by atoms with E-state index in [4.69, 9.17) is 4.74 Å². The Bertz CT molecular complexity index is 1280. The molecular formula is C61H107NO5. The molecular weight excluding hydrogens is 827 g/mol. The standard InChI is InChI=1S/C61H107NO5/c1-4-7-10-13-16-19-22-25-28-30-31-33-36-39-42-45-48-51-54-61(66)67-57(52-49-46-43-40-37-34-27-24-21-18-15-12-9-6-3)55-60(65)62-58(56-63)59(64)53-50-47-44-41-38-35-32-29-26-23-20-17-14-11-8-5-2/h9,12,16,18-19,21-22,25,27-28,30-31,33-34,57-59,63-64H,4-8,10-11,13-15,17,20,23-24,26,29,32,35-56H2,1-3H3,(H,62,65)/b12-9+,19-16+,21-18+,25-22+,30-28+,33-31+,34-27+. The van der Waals surface area contributed by atoms with Gasteiger partial charge in [-0.3, -0.25) is 9.59 Å². The van der Waals surface area contributed by atoms with E-state index >= 15 is 0 Å². The summed E-state index contributed by atoms with van der Waals surface area (Å²) in [5, 5.41) is 23.9. The number of unbranched alkanes of at least 4 members (excludes halogenated alkanes) is 27. The van der Waals surface area contributed by atoms with Gasteiger partial charge in [-0.05, 0) is 83.5 Å². The van der Waals surface area contributed by atoms with Gasteiger partial charge in [-0.2, -0.15) is 0 Å². The summed E-state index contributed by atoms with van der Waals surface area (Å²) in [6, 6.07) is -0.719. The highest BCUT2D eigenvalue weighted by Crippen LogP contribution is 2.18. The minimum absolute atomic E-state index is 0.0493. The summed E-state index contributed by atoms with van der Waals surface area (Å²) in [7, 11) is 0. The van der Waals surface area contributed by atoms with Crippen LogP contribution in [0, 0.1) is 0 Å². The molecule has 0 rings (SSSR count). The van der Waals surface area contributed by atoms with Crippen molar-refractivity contribution in [1.82, 2.24) is 5.32 Å². The maximum Gasteiger partial charge on any atom is 0.306 e. The van der Waals surface area contributed by atoms with Crippen LogP contribution in [0.3, 0.4) is 0 Å². The highest BCUT2D eigenvalue weighted by molar-refractivity contribution is 5.77. The Morgan fingerprint density at radius 2 is 0.866 bits per heavy atom. The van der Waals surface area contributed by atoms with Gasteiger partial charge in [0.05, 0.1) is 25.2 Å². The fourth-order valence-electron chi connectivity index (χ4n) is 8.28. The number of carbonyl (C=O) groups excluding carboxylic acids is 2. The van der Waals surface area contributed by atoms with Crippen molar-refractivity contribution in [2.24, 2.45) is 0 Å². The van der Waals surface area contributed by atoms with Crippen molar-refractivity contribution in [3.8, 4) is 0 Å². The van der Waals surface area contributed by atoms with Crippen molar-refractivity contribution < 1.29 is 24.5 Å². The van der Waals surface area contributed by atoms with Gasteiger partial charge in [0.2, 0.25) is 5.91 Å². The molecule has 0 aromatic carbocycles. The Morgan fingerprint density at radius 3 is 1.39 bits per heavy atom. The summed E-state index contributed by atoms with van der Waals surface area (Å²) in [4.78, 5) is 26.3. The molecule has 6 nitrogen and oxygen atoms in total. The number of hydrogen-bond donors (Lipinski definition) is 3. The summed E-state index contributed by atoms with van der Waals surface area (Å²) < 4.78 is 5.94. The van der Waals surface area contributed by atoms with Gasteiger partial charge in [0.15, 0.2) is 0 Å². The Hall–Kier alpha value is -2.96. The highest BCUT2D eigenvalue weighted by Gasteiger charge is 2.24. The Kier molecular flexibility index (Phi) is 51.6. The number of carbonyl (C=O) groups is 2. The summed E-state index contributed by atoms with van der Waals surface area (Å²) in [6.07, 6.45) is 70.7. The SMILES string of the molecule is CC/C=C/C/C=C/C/C=C/CCCCCCC(CC(=O)NC(CO)C(O)CCCCCCCCCCCCCCCCCC)OC(=O)CCCCCCC/C=C/C=C/C=C/C=C/CCCCC. The van der Waals surface area contributed by atoms with E-state index in [0.717, 1.165) is 116 Å². The second kappa shape index (κ2) is 54.0. The van der Waals surface area contributed by atoms with Crippen LogP contribution in [0.5, 0.6) is 0 Å². The first kappa shape index (κ1) is 64.0. The maximum absolute atomic E-state index is 13.3. The number of amides is 1. The molecule has 6 heteroatoms. The molecule has 0 saturated carbocycles. The minimum Gasteiger partial charge on any atom is -0.462 e. The van der Waals surface area contributed by atoms with Gasteiger partial charge in [-0.25, -0.2) is 0 Å². The first-order chi connectivity index (χ1) is 33.0. The van der Waals surface area contributed by atoms with Gasteiger partial charge in [0, 0.05) is 6.42 Å². The molecule has 0 bridgehead atoms. The van der Waals surface area contributed by atoms with Crippen molar-refractivity contribution in [3.63, 3.8) is 0 Å². The number of allylic oxidation sites excluding steroid dienone is 14. The summed E-state index contributed by atoms with van der Waals surface area (Å²) in [6.45, 7) is 6.34. The largest absolute Gasteiger partial charge is 0.462 e. The van der Waals surface area contributed by atoms with Crippen LogP contribution in [0.4, 0.5) is 0 Å². The van der Waals surface area contributed by atoms with Gasteiger partial charge in [-0.1, -0.05) is 254 Å². The number of rotatable bonds is 50. The molecule has 0 aliphatic carbocycles. The molecule has 3 unspecified atom stereocenters. The zero-order chi connectivity index (χ0) is 48.8. The van der Waals surface area contributed by atoms with E-state index in [-0.39, 0.29) is 24.9 Å². The predicted octanol–water partition coefficient (Wildman–Crippen LogP) is 17.5. The van der Waals surface area contributed by atoms with E-state index in [2.05, 4.69) is 111 Å². The smallest absolute Gasteiger partial charge is 0.306 e. The fraction of sp³-hybridized carbons (Fsp3) is 0.738. The maximum atomic E-state index is 13.3. The van der Waals surface area contributed by atoms with Crippen LogP contribution >= 0.6 is 0 Å². The zero-order valence-electron chi connectivity index (χ0n) is 44.0. The third-order valence-corrected chi connectivity index (χ3v) is 12.6. The van der Waals surface area contributed by atoms with Crippen LogP contribution in [0.1, 0.15) is 265 Å². The van der Waals surface area contributed by atoms with Gasteiger partial charge < -0.3 is 20.3 Å². The number of ether oxygens (including phenoxy) is 1. The van der Waals surface area contributed by atoms with E-state index in [1.165, 1.54) is 103 Å². The zero-order valence-corrected chi connectivity index (χ0v) is 44.0. The first-order valence-electron chi connectivity index (χ1n) is 28.4. The lowest BCUT2D eigenvalue weighted by Crippen LogP contribution is -2.46. The molecule has 1 amide bonds. The van der Waals surface area contributed by atoms with Gasteiger partial charge in [0.25, 0.3) is 0 Å². The van der Waals surface area contributed by atoms with Gasteiger partial charge in [0.1, 0.15) is 6.10 Å². The molecule has 0 radical (unpaired) electrons. The van der Waals surface area contributed by atoms with Crippen LogP contribution in [0.25, 0.3) is 0 Å². The summed E-state index contributed by atoms with van der Waals surface area (Å²) in [5.74, 6) is -0.522. The Balaban J connectivity index is 4.63. The third kappa shape index (κ3) is 49.3. The Morgan fingerprint density at radius 1 is 0.463 bits per heavy atom. The van der Waals surface area contributed by atoms with Crippen LogP contribution in [-0.4, -0.2) is 46.9 Å². The summed E-state index contributed by atoms with van der Waals surface area (Å²) in [5.41, 5.74) is 0. The lowest BCUT2D eigenvalue weighted by molar-refractivity contribution is -0.151.